The first-order valence-corrected chi connectivity index (χ1v) is 9.51. The SMILES string of the molecule is O=C(Nc1ccc(F)c(F)c1)c1csc(NS(=O)(=O)c2ccccc2)n1. The Labute approximate surface area is 151 Å². The maximum absolute atomic E-state index is 13.2. The smallest absolute Gasteiger partial charge is 0.275 e. The summed E-state index contributed by atoms with van der Waals surface area (Å²) in [5.74, 6) is -2.82. The van der Waals surface area contributed by atoms with Gasteiger partial charge in [-0.25, -0.2) is 22.2 Å². The van der Waals surface area contributed by atoms with E-state index in [4.69, 9.17) is 0 Å². The number of hydrogen-bond donors (Lipinski definition) is 2. The third-order valence-corrected chi connectivity index (χ3v) is 5.43. The second-order valence-electron chi connectivity index (χ2n) is 5.04. The lowest BCUT2D eigenvalue weighted by Gasteiger charge is -2.05. The molecule has 0 saturated carbocycles. The van der Waals surface area contributed by atoms with E-state index in [0.717, 1.165) is 23.5 Å². The number of nitrogens with zero attached hydrogens (tertiary/aromatic N) is 1. The molecule has 3 rings (SSSR count). The van der Waals surface area contributed by atoms with Crippen molar-refractivity contribution >= 4 is 38.1 Å². The average Bonchev–Trinajstić information content (AvgIpc) is 3.07. The van der Waals surface area contributed by atoms with Crippen molar-refractivity contribution in [3.8, 4) is 0 Å². The summed E-state index contributed by atoms with van der Waals surface area (Å²) in [6.45, 7) is 0. The second kappa shape index (κ2) is 7.18. The van der Waals surface area contributed by atoms with Gasteiger partial charge in [0.15, 0.2) is 16.8 Å². The van der Waals surface area contributed by atoms with Gasteiger partial charge in [0.25, 0.3) is 15.9 Å². The molecule has 2 aromatic carbocycles. The fraction of sp³-hybridized carbons (Fsp3) is 0. The van der Waals surface area contributed by atoms with Crippen LogP contribution in [-0.2, 0) is 10.0 Å². The number of carbonyl (C=O) groups is 1. The Bertz CT molecular complexity index is 1050. The predicted octanol–water partition coefficient (Wildman–Crippen LogP) is 3.47. The Balaban J connectivity index is 1.73. The zero-order valence-corrected chi connectivity index (χ0v) is 14.6. The molecule has 3 aromatic rings. The third kappa shape index (κ3) is 4.03. The molecule has 134 valence electrons. The highest BCUT2D eigenvalue weighted by molar-refractivity contribution is 7.93. The second-order valence-corrected chi connectivity index (χ2v) is 7.58. The lowest BCUT2D eigenvalue weighted by Crippen LogP contribution is -2.15. The van der Waals surface area contributed by atoms with Crippen molar-refractivity contribution < 1.29 is 22.0 Å². The highest BCUT2D eigenvalue weighted by Gasteiger charge is 2.18. The maximum Gasteiger partial charge on any atom is 0.275 e. The number of thiazole rings is 1. The predicted molar refractivity (Wildman–Crippen MR) is 93.7 cm³/mol. The molecule has 0 saturated heterocycles. The molecule has 0 bridgehead atoms. The van der Waals surface area contributed by atoms with Gasteiger partial charge in [-0.1, -0.05) is 18.2 Å². The minimum atomic E-state index is -3.82. The van der Waals surface area contributed by atoms with Gasteiger partial charge in [-0.15, -0.1) is 11.3 Å². The van der Waals surface area contributed by atoms with E-state index in [1.807, 2.05) is 0 Å². The molecular formula is C16H11F2N3O3S2. The summed E-state index contributed by atoms with van der Waals surface area (Å²) in [6, 6.07) is 10.6. The summed E-state index contributed by atoms with van der Waals surface area (Å²) in [6.07, 6.45) is 0. The minimum absolute atomic E-state index is 0.00397. The Kier molecular flexibility index (Phi) is 4.96. The molecule has 0 aliphatic heterocycles. The first-order chi connectivity index (χ1) is 12.3. The van der Waals surface area contributed by atoms with E-state index >= 15 is 0 Å². The van der Waals surface area contributed by atoms with Crippen LogP contribution in [0.3, 0.4) is 0 Å². The van der Waals surface area contributed by atoms with E-state index in [-0.39, 0.29) is 21.4 Å². The highest BCUT2D eigenvalue weighted by atomic mass is 32.2. The highest BCUT2D eigenvalue weighted by Crippen LogP contribution is 2.21. The van der Waals surface area contributed by atoms with Gasteiger partial charge in [-0.3, -0.25) is 9.52 Å². The number of amides is 1. The number of nitrogens with one attached hydrogen (secondary N) is 2. The zero-order valence-electron chi connectivity index (χ0n) is 12.9. The monoisotopic (exact) mass is 395 g/mol. The van der Waals surface area contributed by atoms with Crippen molar-refractivity contribution in [1.29, 1.82) is 0 Å². The fourth-order valence-corrected chi connectivity index (χ4v) is 3.93. The average molecular weight is 395 g/mol. The normalized spacial score (nSPS) is 11.2. The van der Waals surface area contributed by atoms with Crippen molar-refractivity contribution in [2.75, 3.05) is 10.0 Å². The van der Waals surface area contributed by atoms with Crippen LogP contribution < -0.4 is 10.0 Å². The molecule has 6 nitrogen and oxygen atoms in total. The molecule has 1 heterocycles. The van der Waals surface area contributed by atoms with Crippen molar-refractivity contribution in [2.24, 2.45) is 0 Å². The molecule has 10 heteroatoms. The van der Waals surface area contributed by atoms with Crippen molar-refractivity contribution in [3.63, 3.8) is 0 Å². The molecule has 1 amide bonds. The molecule has 0 fully saturated rings. The molecular weight excluding hydrogens is 384 g/mol. The lowest BCUT2D eigenvalue weighted by molar-refractivity contribution is 0.102. The van der Waals surface area contributed by atoms with Gasteiger partial charge in [0, 0.05) is 17.1 Å². The van der Waals surface area contributed by atoms with Crippen LogP contribution in [0.4, 0.5) is 19.6 Å². The van der Waals surface area contributed by atoms with Crippen LogP contribution in [0.25, 0.3) is 0 Å². The quantitative estimate of drug-likeness (QED) is 0.692. The van der Waals surface area contributed by atoms with Gasteiger partial charge >= 0.3 is 0 Å². The number of rotatable bonds is 5. The van der Waals surface area contributed by atoms with Crippen LogP contribution in [0, 0.1) is 11.6 Å². The summed E-state index contributed by atoms with van der Waals surface area (Å²) in [7, 11) is -3.82. The number of benzene rings is 2. The largest absolute Gasteiger partial charge is 0.321 e. The third-order valence-electron chi connectivity index (χ3n) is 3.19. The Morgan fingerprint density at radius 1 is 1.04 bits per heavy atom. The Morgan fingerprint density at radius 2 is 1.77 bits per heavy atom. The molecule has 0 unspecified atom stereocenters. The number of carbonyl (C=O) groups excluding carboxylic acids is 1. The number of hydrogen-bond acceptors (Lipinski definition) is 5. The summed E-state index contributed by atoms with van der Waals surface area (Å²) in [5, 5.41) is 3.70. The van der Waals surface area contributed by atoms with E-state index < -0.39 is 27.6 Å². The van der Waals surface area contributed by atoms with Gasteiger partial charge < -0.3 is 5.32 Å². The molecule has 1 aromatic heterocycles. The molecule has 0 aliphatic rings. The van der Waals surface area contributed by atoms with Crippen LogP contribution in [0.1, 0.15) is 10.5 Å². The lowest BCUT2D eigenvalue weighted by atomic mass is 10.3. The standard InChI is InChI=1S/C16H11F2N3O3S2/c17-12-7-6-10(8-13(12)18)19-15(22)14-9-25-16(20-14)21-26(23,24)11-4-2-1-3-5-11/h1-9H,(H,19,22)(H,20,21). The Morgan fingerprint density at radius 3 is 2.46 bits per heavy atom. The maximum atomic E-state index is 13.2. The van der Waals surface area contributed by atoms with Gasteiger partial charge in [-0.05, 0) is 24.3 Å². The number of aromatic nitrogens is 1. The van der Waals surface area contributed by atoms with Crippen molar-refractivity contribution in [3.05, 3.63) is 71.2 Å². The van der Waals surface area contributed by atoms with Gasteiger partial charge in [0.1, 0.15) is 5.69 Å². The van der Waals surface area contributed by atoms with Gasteiger partial charge in [0.05, 0.1) is 4.90 Å². The fourth-order valence-electron chi connectivity index (χ4n) is 1.97. The van der Waals surface area contributed by atoms with Crippen LogP contribution >= 0.6 is 11.3 Å². The van der Waals surface area contributed by atoms with E-state index in [0.29, 0.717) is 0 Å². The van der Waals surface area contributed by atoms with E-state index in [1.54, 1.807) is 18.2 Å². The molecule has 26 heavy (non-hydrogen) atoms. The molecule has 0 radical (unpaired) electrons. The summed E-state index contributed by atoms with van der Waals surface area (Å²) in [4.78, 5) is 16.1. The molecule has 0 spiro atoms. The first kappa shape index (κ1) is 18.0. The van der Waals surface area contributed by atoms with Gasteiger partial charge in [-0.2, -0.15) is 0 Å². The van der Waals surface area contributed by atoms with E-state index in [2.05, 4.69) is 15.0 Å². The van der Waals surface area contributed by atoms with Gasteiger partial charge in [0.2, 0.25) is 0 Å². The van der Waals surface area contributed by atoms with Crippen molar-refractivity contribution in [2.45, 2.75) is 4.90 Å². The van der Waals surface area contributed by atoms with Crippen LogP contribution in [0.5, 0.6) is 0 Å². The van der Waals surface area contributed by atoms with Crippen LogP contribution in [0.2, 0.25) is 0 Å². The van der Waals surface area contributed by atoms with Crippen molar-refractivity contribution in [1.82, 2.24) is 4.98 Å². The van der Waals surface area contributed by atoms with Crippen LogP contribution in [0.15, 0.2) is 58.8 Å². The number of halogens is 2. The minimum Gasteiger partial charge on any atom is -0.321 e. The Hall–Kier alpha value is -2.85. The van der Waals surface area contributed by atoms with Crippen LogP contribution in [-0.4, -0.2) is 19.3 Å². The van der Waals surface area contributed by atoms with E-state index in [1.165, 1.54) is 23.6 Å². The molecule has 0 aliphatic carbocycles. The number of sulfonamides is 1. The summed E-state index contributed by atoms with van der Waals surface area (Å²) >= 11 is 0.919. The first-order valence-electron chi connectivity index (χ1n) is 7.15. The number of anilines is 2. The topological polar surface area (TPSA) is 88.2 Å². The summed E-state index contributed by atoms with van der Waals surface area (Å²) in [5.41, 5.74) is -0.0150. The molecule has 2 N–H and O–H groups in total. The summed E-state index contributed by atoms with van der Waals surface area (Å²) < 4.78 is 52.8. The zero-order chi connectivity index (χ0) is 18.7. The van der Waals surface area contributed by atoms with E-state index in [9.17, 15) is 22.0 Å². The molecule has 0 atom stereocenters.